The zero-order chi connectivity index (χ0) is 15.5. The number of hydrogen-bond acceptors (Lipinski definition) is 7. The second kappa shape index (κ2) is 5.72. The Balaban J connectivity index is 1.80. The summed E-state index contributed by atoms with van der Waals surface area (Å²) >= 11 is 0. The monoisotopic (exact) mass is 295 g/mol. The maximum Gasteiger partial charge on any atom is 0.361 e. The Labute approximate surface area is 126 Å². The van der Waals surface area contributed by atoms with Gasteiger partial charge in [-0.05, 0) is 19.1 Å². The normalized spacial score (nSPS) is 10.6. The lowest BCUT2D eigenvalue weighted by molar-refractivity contribution is 0.0461. The Morgan fingerprint density at radius 1 is 1.14 bits per heavy atom. The van der Waals surface area contributed by atoms with E-state index >= 15 is 0 Å². The van der Waals surface area contributed by atoms with E-state index in [1.54, 1.807) is 0 Å². The lowest BCUT2D eigenvalue weighted by Crippen LogP contribution is -2.12. The highest BCUT2D eigenvalue weighted by Crippen LogP contribution is 2.14. The van der Waals surface area contributed by atoms with Crippen LogP contribution in [0.25, 0.3) is 11.0 Å². The third kappa shape index (κ3) is 2.69. The third-order valence-electron chi connectivity index (χ3n) is 3.10. The molecule has 3 aromatic rings. The number of esters is 1. The van der Waals surface area contributed by atoms with Crippen molar-refractivity contribution >= 4 is 22.8 Å². The van der Waals surface area contributed by atoms with Gasteiger partial charge in [-0.3, -0.25) is 0 Å². The highest BCUT2D eigenvalue weighted by atomic mass is 16.5. The average Bonchev–Trinajstić information content (AvgIpc) is 2.53. The van der Waals surface area contributed by atoms with Crippen LogP contribution in [0.15, 0.2) is 36.7 Å². The second-order valence-corrected chi connectivity index (χ2v) is 4.61. The minimum atomic E-state index is -0.639. The number of carbonyl (C=O) groups excluding carboxylic acids is 1. The summed E-state index contributed by atoms with van der Waals surface area (Å²) in [6, 6.07) is 7.51. The van der Waals surface area contributed by atoms with Gasteiger partial charge in [-0.15, -0.1) is 0 Å². The van der Waals surface area contributed by atoms with Crippen molar-refractivity contribution in [3.8, 4) is 0 Å². The van der Waals surface area contributed by atoms with Gasteiger partial charge in [-0.2, -0.15) is 0 Å². The fourth-order valence-electron chi connectivity index (χ4n) is 1.97. The molecule has 0 spiro atoms. The van der Waals surface area contributed by atoms with Gasteiger partial charge in [-0.1, -0.05) is 12.1 Å². The van der Waals surface area contributed by atoms with Crippen molar-refractivity contribution in [2.45, 2.75) is 13.5 Å². The Morgan fingerprint density at radius 3 is 2.55 bits per heavy atom. The van der Waals surface area contributed by atoms with E-state index in [9.17, 15) is 4.79 Å². The topological polar surface area (TPSA) is 104 Å². The standard InChI is InChI=1S/C15H13N5O2/c1-9-12(20-11-5-3-2-4-10(11)19-9)8-22-15(21)13-14(16)18-7-6-17-13/h2-7H,8H2,1H3,(H2,16,18). The molecule has 0 saturated heterocycles. The van der Waals surface area contributed by atoms with Gasteiger partial charge in [0.2, 0.25) is 0 Å². The SMILES string of the molecule is Cc1nc2ccccc2nc1COC(=O)c1nccnc1N. The lowest BCUT2D eigenvalue weighted by Gasteiger charge is -2.08. The fraction of sp³-hybridized carbons (Fsp3) is 0.133. The molecule has 0 radical (unpaired) electrons. The van der Waals surface area contributed by atoms with Crippen LogP contribution in [0.3, 0.4) is 0 Å². The van der Waals surface area contributed by atoms with Crippen LogP contribution in [-0.4, -0.2) is 25.9 Å². The van der Waals surface area contributed by atoms with Crippen LogP contribution in [0.4, 0.5) is 5.82 Å². The molecule has 110 valence electrons. The number of benzene rings is 1. The van der Waals surface area contributed by atoms with Crippen LogP contribution in [-0.2, 0) is 11.3 Å². The predicted molar refractivity (Wildman–Crippen MR) is 79.8 cm³/mol. The van der Waals surface area contributed by atoms with Gasteiger partial charge in [-0.25, -0.2) is 24.7 Å². The Hall–Kier alpha value is -3.09. The van der Waals surface area contributed by atoms with Gasteiger partial charge >= 0.3 is 5.97 Å². The molecule has 0 bridgehead atoms. The second-order valence-electron chi connectivity index (χ2n) is 4.61. The molecule has 0 aliphatic rings. The average molecular weight is 295 g/mol. The van der Waals surface area contributed by atoms with E-state index in [2.05, 4.69) is 19.9 Å². The number of aryl methyl sites for hydroxylation is 1. The van der Waals surface area contributed by atoms with Gasteiger partial charge in [0.1, 0.15) is 6.61 Å². The van der Waals surface area contributed by atoms with E-state index in [1.165, 1.54) is 12.4 Å². The quantitative estimate of drug-likeness (QED) is 0.733. The van der Waals surface area contributed by atoms with Crippen LogP contribution in [0.5, 0.6) is 0 Å². The highest BCUT2D eigenvalue weighted by Gasteiger charge is 2.15. The molecule has 2 aromatic heterocycles. The van der Waals surface area contributed by atoms with Crippen molar-refractivity contribution in [2.24, 2.45) is 0 Å². The van der Waals surface area contributed by atoms with Crippen molar-refractivity contribution < 1.29 is 9.53 Å². The van der Waals surface area contributed by atoms with Crippen molar-refractivity contribution in [2.75, 3.05) is 5.73 Å². The zero-order valence-corrected chi connectivity index (χ0v) is 11.9. The smallest absolute Gasteiger partial charge is 0.361 e. The summed E-state index contributed by atoms with van der Waals surface area (Å²) in [5, 5.41) is 0. The first-order chi connectivity index (χ1) is 10.6. The summed E-state index contributed by atoms with van der Waals surface area (Å²) in [6.07, 6.45) is 2.79. The largest absolute Gasteiger partial charge is 0.454 e. The molecule has 3 rings (SSSR count). The van der Waals surface area contributed by atoms with Crippen LogP contribution < -0.4 is 5.73 Å². The molecule has 0 aliphatic carbocycles. The van der Waals surface area contributed by atoms with E-state index in [1.807, 2.05) is 31.2 Å². The number of rotatable bonds is 3. The van der Waals surface area contributed by atoms with Crippen molar-refractivity contribution in [3.63, 3.8) is 0 Å². The van der Waals surface area contributed by atoms with Gasteiger partial charge in [0.15, 0.2) is 11.5 Å². The first-order valence-electron chi connectivity index (χ1n) is 6.61. The summed E-state index contributed by atoms with van der Waals surface area (Å²) in [6.45, 7) is 1.82. The van der Waals surface area contributed by atoms with Gasteiger partial charge in [0.05, 0.1) is 22.4 Å². The Morgan fingerprint density at radius 2 is 1.82 bits per heavy atom. The molecular weight excluding hydrogens is 282 g/mol. The first kappa shape index (κ1) is 13.9. The molecule has 2 heterocycles. The molecule has 0 atom stereocenters. The third-order valence-corrected chi connectivity index (χ3v) is 3.10. The summed E-state index contributed by atoms with van der Waals surface area (Å²) in [7, 11) is 0. The van der Waals surface area contributed by atoms with E-state index in [4.69, 9.17) is 10.5 Å². The van der Waals surface area contributed by atoms with E-state index in [-0.39, 0.29) is 18.1 Å². The minimum absolute atomic E-state index is 0.00147. The number of carbonyl (C=O) groups is 1. The number of nitrogen functional groups attached to an aromatic ring is 1. The zero-order valence-electron chi connectivity index (χ0n) is 11.9. The number of hydrogen-bond donors (Lipinski definition) is 1. The summed E-state index contributed by atoms with van der Waals surface area (Å²) in [4.78, 5) is 28.5. The van der Waals surface area contributed by atoms with Gasteiger partial charge in [0, 0.05) is 12.4 Å². The fourth-order valence-corrected chi connectivity index (χ4v) is 1.97. The molecule has 2 N–H and O–H groups in total. The first-order valence-corrected chi connectivity index (χ1v) is 6.61. The van der Waals surface area contributed by atoms with Crippen molar-refractivity contribution in [1.82, 2.24) is 19.9 Å². The van der Waals surface area contributed by atoms with Gasteiger partial charge < -0.3 is 10.5 Å². The van der Waals surface area contributed by atoms with E-state index < -0.39 is 5.97 Å². The van der Waals surface area contributed by atoms with E-state index in [0.29, 0.717) is 11.4 Å². The molecule has 7 nitrogen and oxygen atoms in total. The Bertz CT molecular complexity index is 850. The summed E-state index contributed by atoms with van der Waals surface area (Å²) in [5.74, 6) is -0.603. The molecular formula is C15H13N5O2. The Kier molecular flexibility index (Phi) is 3.61. The minimum Gasteiger partial charge on any atom is -0.454 e. The number of aromatic nitrogens is 4. The van der Waals surface area contributed by atoms with E-state index in [0.717, 1.165) is 11.0 Å². The number of para-hydroxylation sites is 2. The number of nitrogens with two attached hydrogens (primary N) is 1. The molecule has 22 heavy (non-hydrogen) atoms. The molecule has 7 heteroatoms. The number of ether oxygens (including phenoxy) is 1. The molecule has 0 saturated carbocycles. The molecule has 0 fully saturated rings. The molecule has 0 unspecified atom stereocenters. The highest BCUT2D eigenvalue weighted by molar-refractivity contribution is 5.91. The van der Waals surface area contributed by atoms with Crippen LogP contribution in [0, 0.1) is 6.92 Å². The van der Waals surface area contributed by atoms with Crippen molar-refractivity contribution in [1.29, 1.82) is 0 Å². The molecule has 0 amide bonds. The van der Waals surface area contributed by atoms with Crippen molar-refractivity contribution in [3.05, 3.63) is 53.7 Å². The van der Waals surface area contributed by atoms with Crippen LogP contribution in [0.2, 0.25) is 0 Å². The number of nitrogens with zero attached hydrogens (tertiary/aromatic N) is 4. The summed E-state index contributed by atoms with van der Waals surface area (Å²) < 4.78 is 5.20. The molecule has 1 aromatic carbocycles. The van der Waals surface area contributed by atoms with Crippen LogP contribution in [0.1, 0.15) is 21.9 Å². The number of anilines is 1. The van der Waals surface area contributed by atoms with Crippen LogP contribution >= 0.6 is 0 Å². The van der Waals surface area contributed by atoms with Gasteiger partial charge in [0.25, 0.3) is 0 Å². The summed E-state index contributed by atoms with van der Waals surface area (Å²) in [5.41, 5.74) is 8.43. The molecule has 0 aliphatic heterocycles. The predicted octanol–water partition coefficient (Wildman–Crippen LogP) is 1.67. The maximum atomic E-state index is 12.0. The lowest BCUT2D eigenvalue weighted by atomic mass is 10.2. The maximum absolute atomic E-state index is 12.0. The number of fused-ring (bicyclic) bond motifs is 1.